The molecular weight excluding hydrogens is 266 g/mol. The molecule has 6 heteroatoms. The van der Waals surface area contributed by atoms with E-state index in [0.29, 0.717) is 12.4 Å². The second-order valence-electron chi connectivity index (χ2n) is 4.65. The number of anilines is 1. The molecule has 1 aliphatic rings. The van der Waals surface area contributed by atoms with Gasteiger partial charge in [0, 0.05) is 42.5 Å². The number of hydrazine groups is 1. The van der Waals surface area contributed by atoms with Gasteiger partial charge in [-0.1, -0.05) is 6.07 Å². The van der Waals surface area contributed by atoms with E-state index in [1.165, 1.54) is 0 Å². The highest BCUT2D eigenvalue weighted by molar-refractivity contribution is 5.89. The summed E-state index contributed by atoms with van der Waals surface area (Å²) in [4.78, 5) is 19.9. The lowest BCUT2D eigenvalue weighted by Gasteiger charge is -2.23. The Labute approximate surface area is 122 Å². The molecule has 0 fully saturated rings. The molecule has 0 amide bonds. The van der Waals surface area contributed by atoms with Crippen molar-refractivity contribution in [1.29, 1.82) is 0 Å². The van der Waals surface area contributed by atoms with E-state index in [1.807, 2.05) is 24.3 Å². The van der Waals surface area contributed by atoms with E-state index in [2.05, 4.69) is 15.4 Å². The van der Waals surface area contributed by atoms with Crippen LogP contribution in [0.25, 0.3) is 5.57 Å². The van der Waals surface area contributed by atoms with Gasteiger partial charge < -0.3 is 16.0 Å². The monoisotopic (exact) mass is 281 g/mol. The van der Waals surface area contributed by atoms with Crippen LogP contribution in [0.1, 0.15) is 11.1 Å². The average molecular weight is 281 g/mol. The molecule has 0 aromatic carbocycles. The number of hydrogen-bond acceptors (Lipinski definition) is 6. The Morgan fingerprint density at radius 3 is 3.00 bits per heavy atom. The zero-order valence-corrected chi connectivity index (χ0v) is 11.3. The molecular formula is C15H15N5O. The third-order valence-electron chi connectivity index (χ3n) is 3.37. The van der Waals surface area contributed by atoms with Crippen LogP contribution in [0.15, 0.2) is 49.1 Å². The van der Waals surface area contributed by atoms with Crippen LogP contribution in [-0.2, 0) is 11.3 Å². The molecule has 21 heavy (non-hydrogen) atoms. The first-order valence-corrected chi connectivity index (χ1v) is 6.59. The summed E-state index contributed by atoms with van der Waals surface area (Å²) in [6, 6.07) is 7.03. The van der Waals surface area contributed by atoms with Gasteiger partial charge in [0.25, 0.3) is 0 Å². The van der Waals surface area contributed by atoms with Crippen molar-refractivity contribution >= 4 is 17.7 Å². The van der Waals surface area contributed by atoms with Crippen LogP contribution in [0.3, 0.4) is 0 Å². The number of aldehydes is 1. The molecule has 3 heterocycles. The number of nitrogens with two attached hydrogens (primary N) is 1. The largest absolute Gasteiger partial charge is 0.326 e. The lowest BCUT2D eigenvalue weighted by Crippen LogP contribution is -2.40. The first-order valence-electron chi connectivity index (χ1n) is 6.59. The van der Waals surface area contributed by atoms with Gasteiger partial charge in [-0.3, -0.25) is 9.99 Å². The van der Waals surface area contributed by atoms with E-state index < -0.39 is 6.04 Å². The normalized spacial score (nSPS) is 17.3. The number of nitrogens with zero attached hydrogens (tertiary/aromatic N) is 3. The summed E-state index contributed by atoms with van der Waals surface area (Å²) in [6.45, 7) is 0.429. The molecule has 0 aliphatic carbocycles. The van der Waals surface area contributed by atoms with E-state index in [0.717, 1.165) is 23.0 Å². The van der Waals surface area contributed by atoms with Crippen molar-refractivity contribution in [2.45, 2.75) is 12.6 Å². The number of rotatable bonds is 4. The summed E-state index contributed by atoms with van der Waals surface area (Å²) in [7, 11) is 0. The smallest absolute Gasteiger partial charge is 0.149 e. The maximum absolute atomic E-state index is 11.5. The van der Waals surface area contributed by atoms with Crippen molar-refractivity contribution < 1.29 is 4.79 Å². The van der Waals surface area contributed by atoms with Gasteiger partial charge >= 0.3 is 0 Å². The molecule has 2 aromatic heterocycles. The van der Waals surface area contributed by atoms with Crippen LogP contribution in [0.4, 0.5) is 5.82 Å². The Kier molecular flexibility index (Phi) is 3.61. The van der Waals surface area contributed by atoms with Gasteiger partial charge in [0.05, 0.1) is 0 Å². The summed E-state index contributed by atoms with van der Waals surface area (Å²) in [5.74, 6) is 0.658. The quantitative estimate of drug-likeness (QED) is 0.809. The minimum absolute atomic E-state index is 0.429. The predicted octanol–water partition coefficient (Wildman–Crippen LogP) is 0.869. The van der Waals surface area contributed by atoms with E-state index >= 15 is 0 Å². The van der Waals surface area contributed by atoms with Crippen LogP contribution >= 0.6 is 0 Å². The SMILES string of the molecule is NCc1ccnc(N2NC=C(c3cccnc3)C2C=O)c1. The standard InChI is InChI=1S/C15H15N5O/c16-7-11-3-5-18-15(6-11)20-14(10-21)13(9-19-20)12-2-1-4-17-8-12/h1-6,8-10,14,19H,7,16H2. The van der Waals surface area contributed by atoms with Crippen molar-refractivity contribution in [3.05, 3.63) is 60.2 Å². The molecule has 6 nitrogen and oxygen atoms in total. The summed E-state index contributed by atoms with van der Waals surface area (Å²) in [5, 5.41) is 1.72. The zero-order valence-electron chi connectivity index (χ0n) is 11.3. The molecule has 1 aliphatic heterocycles. The van der Waals surface area contributed by atoms with Crippen molar-refractivity contribution in [3.63, 3.8) is 0 Å². The highest BCUT2D eigenvalue weighted by Crippen LogP contribution is 2.27. The van der Waals surface area contributed by atoms with Gasteiger partial charge in [-0.15, -0.1) is 0 Å². The Morgan fingerprint density at radius 2 is 2.29 bits per heavy atom. The predicted molar refractivity (Wildman–Crippen MR) is 79.8 cm³/mol. The minimum atomic E-state index is -0.449. The maximum atomic E-state index is 11.5. The molecule has 0 spiro atoms. The highest BCUT2D eigenvalue weighted by Gasteiger charge is 2.29. The Hall–Kier alpha value is -2.73. The second kappa shape index (κ2) is 5.72. The number of pyridine rings is 2. The topological polar surface area (TPSA) is 84.1 Å². The third-order valence-corrected chi connectivity index (χ3v) is 3.37. The highest BCUT2D eigenvalue weighted by atomic mass is 16.1. The van der Waals surface area contributed by atoms with Gasteiger partial charge in [0.2, 0.25) is 0 Å². The van der Waals surface area contributed by atoms with Crippen molar-refractivity contribution in [1.82, 2.24) is 15.4 Å². The first kappa shape index (κ1) is 13.3. The first-order chi connectivity index (χ1) is 10.3. The van der Waals surface area contributed by atoms with Crippen LogP contribution < -0.4 is 16.2 Å². The molecule has 1 atom stereocenters. The molecule has 1 unspecified atom stereocenters. The van der Waals surface area contributed by atoms with E-state index in [4.69, 9.17) is 5.73 Å². The van der Waals surface area contributed by atoms with Crippen molar-refractivity contribution in [3.8, 4) is 0 Å². The fraction of sp³-hybridized carbons (Fsp3) is 0.133. The van der Waals surface area contributed by atoms with Gasteiger partial charge in [-0.2, -0.15) is 0 Å². The minimum Gasteiger partial charge on any atom is -0.326 e. The number of hydrogen-bond donors (Lipinski definition) is 2. The van der Waals surface area contributed by atoms with Crippen LogP contribution in [-0.4, -0.2) is 22.3 Å². The molecule has 0 radical (unpaired) electrons. The molecule has 106 valence electrons. The van der Waals surface area contributed by atoms with Crippen LogP contribution in [0.2, 0.25) is 0 Å². The molecule has 0 saturated carbocycles. The molecule has 0 bridgehead atoms. The maximum Gasteiger partial charge on any atom is 0.149 e. The molecule has 3 rings (SSSR count). The fourth-order valence-electron chi connectivity index (χ4n) is 2.29. The van der Waals surface area contributed by atoms with E-state index in [9.17, 15) is 4.79 Å². The Morgan fingerprint density at radius 1 is 1.38 bits per heavy atom. The number of carbonyl (C=O) groups is 1. The molecule has 2 aromatic rings. The summed E-state index contributed by atoms with van der Waals surface area (Å²) >= 11 is 0. The van der Waals surface area contributed by atoms with Gasteiger partial charge in [0.1, 0.15) is 18.1 Å². The molecule has 3 N–H and O–H groups in total. The van der Waals surface area contributed by atoms with Gasteiger partial charge in [-0.25, -0.2) is 4.98 Å². The summed E-state index contributed by atoms with van der Waals surface area (Å²) in [5.41, 5.74) is 11.4. The Bertz CT molecular complexity index is 671. The second-order valence-corrected chi connectivity index (χ2v) is 4.65. The lowest BCUT2D eigenvalue weighted by atomic mass is 10.0. The van der Waals surface area contributed by atoms with Crippen molar-refractivity contribution in [2.24, 2.45) is 5.73 Å². The van der Waals surface area contributed by atoms with E-state index in [-0.39, 0.29) is 0 Å². The van der Waals surface area contributed by atoms with E-state index in [1.54, 1.807) is 29.8 Å². The van der Waals surface area contributed by atoms with Crippen molar-refractivity contribution in [2.75, 3.05) is 5.01 Å². The average Bonchev–Trinajstić information content (AvgIpc) is 2.99. The Balaban J connectivity index is 1.91. The van der Waals surface area contributed by atoms with Gasteiger partial charge in [-0.05, 0) is 23.8 Å². The summed E-state index contributed by atoms with van der Waals surface area (Å²) in [6.07, 6.45) is 7.80. The number of aromatic nitrogens is 2. The van der Waals surface area contributed by atoms with Crippen LogP contribution in [0, 0.1) is 0 Å². The fourth-order valence-corrected chi connectivity index (χ4v) is 2.29. The van der Waals surface area contributed by atoms with Crippen LogP contribution in [0.5, 0.6) is 0 Å². The number of nitrogens with one attached hydrogen (secondary N) is 1. The molecule has 0 saturated heterocycles. The lowest BCUT2D eigenvalue weighted by molar-refractivity contribution is -0.107. The summed E-state index contributed by atoms with van der Waals surface area (Å²) < 4.78 is 0. The number of carbonyl (C=O) groups excluding carboxylic acids is 1. The third kappa shape index (κ3) is 2.48. The van der Waals surface area contributed by atoms with Gasteiger partial charge in [0.15, 0.2) is 0 Å². The zero-order chi connectivity index (χ0) is 14.7.